The van der Waals surface area contributed by atoms with Crippen LogP contribution in [0.2, 0.25) is 30.1 Å². The summed E-state index contributed by atoms with van der Waals surface area (Å²) in [5, 5.41) is 18.7. The molecule has 0 fully saturated rings. The topological polar surface area (TPSA) is 129 Å². The summed E-state index contributed by atoms with van der Waals surface area (Å²) in [5.41, 5.74) is -0.306. The lowest BCUT2D eigenvalue weighted by molar-refractivity contribution is -0.0253. The third kappa shape index (κ3) is 7.69. The van der Waals surface area contributed by atoms with Crippen LogP contribution in [0.25, 0.3) is 0 Å². The van der Waals surface area contributed by atoms with Crippen LogP contribution >= 0.6 is 69.6 Å². The Morgan fingerprint density at radius 3 is 1.30 bits per heavy atom. The minimum atomic E-state index is -1.35. The van der Waals surface area contributed by atoms with Crippen molar-refractivity contribution in [3.05, 3.63) is 83.2 Å². The van der Waals surface area contributed by atoms with E-state index in [0.29, 0.717) is 0 Å². The number of carbonyl (C=O) groups is 3. The lowest BCUT2D eigenvalue weighted by atomic mass is 10.2. The number of halogens is 6. The number of ether oxygens (including phenoxy) is 4. The molecule has 0 amide bonds. The molecule has 3 aromatic carbocycles. The van der Waals surface area contributed by atoms with E-state index in [1.165, 1.54) is 19.2 Å². The van der Waals surface area contributed by atoms with E-state index in [4.69, 9.17) is 88.6 Å². The number of hydrogen-bond acceptors (Lipinski definition) is 9. The Bertz CT molecular complexity index is 1410. The summed E-state index contributed by atoms with van der Waals surface area (Å²) >= 11 is 35.6. The Balaban J connectivity index is 1.79. The van der Waals surface area contributed by atoms with Crippen LogP contribution in [0.1, 0.15) is 31.1 Å². The number of hydrogen-bond donors (Lipinski definition) is 2. The van der Waals surface area contributed by atoms with Gasteiger partial charge in [-0.2, -0.15) is 0 Å². The maximum atomic E-state index is 12.8. The maximum absolute atomic E-state index is 12.8. The zero-order valence-electron chi connectivity index (χ0n) is 20.0. The molecule has 0 aromatic heterocycles. The molecule has 0 heterocycles. The Morgan fingerprint density at radius 1 is 0.625 bits per heavy atom. The summed E-state index contributed by atoms with van der Waals surface area (Å²) in [7, 11) is 1.35. The van der Waals surface area contributed by atoms with Gasteiger partial charge in [0, 0.05) is 0 Å². The van der Waals surface area contributed by atoms with E-state index in [0.717, 1.165) is 24.3 Å². The van der Waals surface area contributed by atoms with E-state index in [1.54, 1.807) is 0 Å². The molecule has 0 radical (unpaired) electrons. The predicted molar refractivity (Wildman–Crippen MR) is 149 cm³/mol. The first-order chi connectivity index (χ1) is 18.8. The summed E-state index contributed by atoms with van der Waals surface area (Å²) in [6.07, 6.45) is -1.35. The maximum Gasteiger partial charge on any atom is 0.338 e. The van der Waals surface area contributed by atoms with Crippen molar-refractivity contribution in [1.82, 2.24) is 0 Å². The molecule has 0 aliphatic carbocycles. The molecule has 40 heavy (non-hydrogen) atoms. The summed E-state index contributed by atoms with van der Waals surface area (Å²) < 4.78 is 20.8. The van der Waals surface area contributed by atoms with Crippen molar-refractivity contribution in [1.29, 1.82) is 0 Å². The van der Waals surface area contributed by atoms with Gasteiger partial charge in [0.05, 0.1) is 53.9 Å². The smallest absolute Gasteiger partial charge is 0.338 e. The molecule has 0 aliphatic rings. The van der Waals surface area contributed by atoms with E-state index in [-0.39, 0.29) is 52.6 Å². The van der Waals surface area contributed by atoms with Crippen molar-refractivity contribution in [2.24, 2.45) is 0 Å². The summed E-state index contributed by atoms with van der Waals surface area (Å²) in [4.78, 5) is 38.0. The van der Waals surface area contributed by atoms with Gasteiger partial charge in [0.25, 0.3) is 0 Å². The second-order valence-electron chi connectivity index (χ2n) is 7.77. The number of esters is 3. The normalized spacial score (nSPS) is 11.5. The van der Waals surface area contributed by atoms with E-state index in [1.807, 2.05) is 0 Å². The SMILES string of the molecule is COc1c(Cl)cc(C(=O)OCC(COC(=O)c2cc(Cl)c(O)c(Cl)c2)OC(=O)c2cc(Cl)c(O)c(Cl)c2)cc1Cl. The fourth-order valence-corrected chi connectivity index (χ4v) is 4.69. The van der Waals surface area contributed by atoms with Crippen LogP contribution < -0.4 is 4.74 Å². The largest absolute Gasteiger partial charge is 0.505 e. The third-order valence-corrected chi connectivity index (χ3v) is 6.73. The Labute approximate surface area is 256 Å². The molecule has 3 rings (SSSR count). The number of rotatable bonds is 9. The molecule has 3 aromatic rings. The highest BCUT2D eigenvalue weighted by atomic mass is 35.5. The van der Waals surface area contributed by atoms with Gasteiger partial charge in [-0.15, -0.1) is 0 Å². The van der Waals surface area contributed by atoms with Gasteiger partial charge in [0.2, 0.25) is 0 Å². The minimum absolute atomic E-state index is 0.0386. The van der Waals surface area contributed by atoms with E-state index in [9.17, 15) is 24.6 Å². The van der Waals surface area contributed by atoms with Crippen molar-refractivity contribution in [3.63, 3.8) is 0 Å². The van der Waals surface area contributed by atoms with E-state index >= 15 is 0 Å². The fourth-order valence-electron chi connectivity index (χ4n) is 3.08. The van der Waals surface area contributed by atoms with Crippen LogP contribution in [0.15, 0.2) is 36.4 Å². The molecule has 2 N–H and O–H groups in total. The highest BCUT2D eigenvalue weighted by molar-refractivity contribution is 6.38. The van der Waals surface area contributed by atoms with Gasteiger partial charge in [0.1, 0.15) is 13.2 Å². The highest BCUT2D eigenvalue weighted by Crippen LogP contribution is 2.35. The predicted octanol–water partition coefficient (Wildman–Crippen LogP) is 7.27. The first-order valence-electron chi connectivity index (χ1n) is 10.8. The summed E-state index contributed by atoms with van der Waals surface area (Å²) in [6.45, 7) is -1.19. The average Bonchev–Trinajstić information content (AvgIpc) is 2.90. The lowest BCUT2D eigenvalue weighted by Crippen LogP contribution is -2.31. The molecular formula is C25H16Cl6O9. The summed E-state index contributed by atoms with van der Waals surface area (Å²) in [6, 6.07) is 6.94. The van der Waals surface area contributed by atoms with Gasteiger partial charge in [0.15, 0.2) is 23.4 Å². The van der Waals surface area contributed by atoms with Gasteiger partial charge in [-0.25, -0.2) is 14.4 Å². The quantitative estimate of drug-likeness (QED) is 0.178. The van der Waals surface area contributed by atoms with Crippen molar-refractivity contribution < 1.29 is 43.5 Å². The number of benzene rings is 3. The molecule has 1 unspecified atom stereocenters. The Kier molecular flexibility index (Phi) is 10.9. The van der Waals surface area contributed by atoms with Gasteiger partial charge >= 0.3 is 17.9 Å². The van der Waals surface area contributed by atoms with Crippen LogP contribution in [-0.4, -0.2) is 54.5 Å². The Hall–Kier alpha value is -2.79. The molecule has 1 atom stereocenters. The number of phenolic OH excluding ortho intramolecular Hbond substituents is 2. The first kappa shape index (κ1) is 31.7. The van der Waals surface area contributed by atoms with Crippen molar-refractivity contribution >= 4 is 87.5 Å². The number of methoxy groups -OCH3 is 1. The molecule has 0 saturated heterocycles. The van der Waals surface area contributed by atoms with Crippen LogP contribution in [0.5, 0.6) is 17.2 Å². The van der Waals surface area contributed by atoms with Crippen LogP contribution in [-0.2, 0) is 14.2 Å². The molecule has 0 aliphatic heterocycles. The standard InChI is InChI=1S/C25H16Cl6O9/c1-37-22-18(30)6-11(7-19(22)31)24(35)39-9-13(40-25(36)12-4-16(28)21(33)17(29)5-12)8-38-23(34)10-2-14(26)20(32)15(27)3-10/h2-7,13,32-33H,8-9H2,1H3. The third-order valence-electron chi connectivity index (χ3n) is 5.02. The van der Waals surface area contributed by atoms with Crippen LogP contribution in [0.3, 0.4) is 0 Å². The van der Waals surface area contributed by atoms with E-state index in [2.05, 4.69) is 0 Å². The molecule has 9 nitrogen and oxygen atoms in total. The van der Waals surface area contributed by atoms with Crippen molar-refractivity contribution in [3.8, 4) is 17.2 Å². The monoisotopic (exact) mass is 670 g/mol. The van der Waals surface area contributed by atoms with Crippen LogP contribution in [0.4, 0.5) is 0 Å². The van der Waals surface area contributed by atoms with E-state index < -0.39 is 48.7 Å². The molecule has 0 bridgehead atoms. The lowest BCUT2D eigenvalue weighted by Gasteiger charge is -2.19. The van der Waals surface area contributed by atoms with Crippen molar-refractivity contribution in [2.45, 2.75) is 6.10 Å². The number of phenols is 2. The zero-order valence-corrected chi connectivity index (χ0v) is 24.5. The number of aromatic hydroxyl groups is 2. The van der Waals surface area contributed by atoms with Gasteiger partial charge in [-0.05, 0) is 36.4 Å². The second-order valence-corrected chi connectivity index (χ2v) is 10.2. The molecular weight excluding hydrogens is 657 g/mol. The fraction of sp³-hybridized carbons (Fsp3) is 0.160. The number of carbonyl (C=O) groups excluding carboxylic acids is 3. The van der Waals surface area contributed by atoms with Crippen molar-refractivity contribution in [2.75, 3.05) is 20.3 Å². The summed E-state index contributed by atoms with van der Waals surface area (Å²) in [5.74, 6) is -3.55. The molecule has 0 spiro atoms. The highest BCUT2D eigenvalue weighted by Gasteiger charge is 2.24. The molecule has 0 saturated carbocycles. The average molecular weight is 673 g/mol. The molecule has 212 valence electrons. The van der Waals surface area contributed by atoms with Gasteiger partial charge in [-0.1, -0.05) is 69.6 Å². The zero-order chi connectivity index (χ0) is 29.7. The van der Waals surface area contributed by atoms with Gasteiger partial charge < -0.3 is 29.2 Å². The molecule has 15 heteroatoms. The second kappa shape index (κ2) is 13.7. The minimum Gasteiger partial charge on any atom is -0.505 e. The first-order valence-corrected chi connectivity index (χ1v) is 13.0. The van der Waals surface area contributed by atoms with Crippen LogP contribution in [0, 0.1) is 0 Å². The Morgan fingerprint density at radius 2 is 0.950 bits per heavy atom. The van der Waals surface area contributed by atoms with Gasteiger partial charge in [-0.3, -0.25) is 0 Å².